The molecule has 2 aromatic rings. The quantitative estimate of drug-likeness (QED) is 0.593. The summed E-state index contributed by atoms with van der Waals surface area (Å²) in [5.41, 5.74) is 0.542. The summed E-state index contributed by atoms with van der Waals surface area (Å²) in [4.78, 5) is 26.0. The summed E-state index contributed by atoms with van der Waals surface area (Å²) in [5, 5.41) is 0.453. The second-order valence-corrected chi connectivity index (χ2v) is 7.20. The highest BCUT2D eigenvalue weighted by Crippen LogP contribution is 2.35. The van der Waals surface area contributed by atoms with Crippen LogP contribution >= 0.6 is 50.9 Å². The molecule has 0 radical (unpaired) electrons. The van der Waals surface area contributed by atoms with Gasteiger partial charge < -0.3 is 4.42 Å². The number of thioether (sulfide) groups is 1. The molecule has 23 heavy (non-hydrogen) atoms. The maximum Gasteiger partial charge on any atom is 0.293 e. The zero-order valence-electron chi connectivity index (χ0n) is 11.4. The molecule has 0 spiro atoms. The standard InChI is InChI=1S/C15H8BrCl2NO3S/c16-13-5-4-8(22-13)6-12-14(20)19(15(21)23-12)7-9-10(17)2-1-3-11(9)18/h1-6H,7H2/b12-6-. The van der Waals surface area contributed by atoms with Crippen molar-refractivity contribution in [1.82, 2.24) is 4.90 Å². The minimum Gasteiger partial charge on any atom is -0.450 e. The summed E-state index contributed by atoms with van der Waals surface area (Å²) in [6.07, 6.45) is 1.53. The molecule has 1 aromatic carbocycles. The normalized spacial score (nSPS) is 16.7. The van der Waals surface area contributed by atoms with E-state index >= 15 is 0 Å². The Morgan fingerprint density at radius 1 is 1.17 bits per heavy atom. The third kappa shape index (κ3) is 3.50. The zero-order valence-corrected chi connectivity index (χ0v) is 15.3. The molecule has 1 saturated heterocycles. The molecule has 1 aliphatic heterocycles. The summed E-state index contributed by atoms with van der Waals surface area (Å²) < 4.78 is 5.87. The number of hydrogen-bond acceptors (Lipinski definition) is 4. The Kier molecular flexibility index (Phi) is 4.87. The lowest BCUT2D eigenvalue weighted by Crippen LogP contribution is -2.27. The molecule has 8 heteroatoms. The average molecular weight is 433 g/mol. The lowest BCUT2D eigenvalue weighted by molar-refractivity contribution is -0.123. The summed E-state index contributed by atoms with van der Waals surface area (Å²) in [6.45, 7) is 0.0301. The lowest BCUT2D eigenvalue weighted by atomic mass is 10.2. The van der Waals surface area contributed by atoms with E-state index in [1.165, 1.54) is 6.08 Å². The van der Waals surface area contributed by atoms with Gasteiger partial charge in [-0.2, -0.15) is 0 Å². The monoisotopic (exact) mass is 431 g/mol. The van der Waals surface area contributed by atoms with E-state index in [-0.39, 0.29) is 11.8 Å². The lowest BCUT2D eigenvalue weighted by Gasteiger charge is -2.14. The largest absolute Gasteiger partial charge is 0.450 e. The SMILES string of the molecule is O=C1S/C(=C\c2ccc(Br)o2)C(=O)N1Cc1c(Cl)cccc1Cl. The molecule has 118 valence electrons. The van der Waals surface area contributed by atoms with E-state index in [0.29, 0.717) is 30.9 Å². The first-order valence-electron chi connectivity index (χ1n) is 6.39. The van der Waals surface area contributed by atoms with E-state index in [4.69, 9.17) is 27.6 Å². The van der Waals surface area contributed by atoms with Gasteiger partial charge in [-0.3, -0.25) is 14.5 Å². The molecular weight excluding hydrogens is 425 g/mol. The highest BCUT2D eigenvalue weighted by Gasteiger charge is 2.36. The third-order valence-corrected chi connectivity index (χ3v) is 5.16. The first-order chi connectivity index (χ1) is 11.0. The number of nitrogens with zero attached hydrogens (tertiary/aromatic N) is 1. The van der Waals surface area contributed by atoms with E-state index in [1.54, 1.807) is 30.3 Å². The Bertz CT molecular complexity index is 814. The van der Waals surface area contributed by atoms with Crippen LogP contribution in [-0.4, -0.2) is 16.0 Å². The average Bonchev–Trinajstić information content (AvgIpc) is 3.01. The fraction of sp³-hybridized carbons (Fsp3) is 0.0667. The number of imide groups is 1. The number of benzene rings is 1. The Hall–Kier alpha value is -1.21. The zero-order chi connectivity index (χ0) is 16.6. The van der Waals surface area contributed by atoms with Gasteiger partial charge in [-0.05, 0) is 52.0 Å². The van der Waals surface area contributed by atoms with Crippen molar-refractivity contribution in [3.63, 3.8) is 0 Å². The smallest absolute Gasteiger partial charge is 0.293 e. The van der Waals surface area contributed by atoms with E-state index < -0.39 is 5.91 Å². The van der Waals surface area contributed by atoms with Crippen LogP contribution in [0.2, 0.25) is 10.0 Å². The molecule has 0 unspecified atom stereocenters. The van der Waals surface area contributed by atoms with Crippen molar-refractivity contribution < 1.29 is 14.0 Å². The number of rotatable bonds is 3. The summed E-state index contributed by atoms with van der Waals surface area (Å²) >= 11 is 16.2. The van der Waals surface area contributed by atoms with Crippen molar-refractivity contribution in [3.05, 3.63) is 61.3 Å². The van der Waals surface area contributed by atoms with Crippen molar-refractivity contribution >= 4 is 68.1 Å². The maximum absolute atomic E-state index is 12.4. The third-order valence-electron chi connectivity index (χ3n) is 3.12. The fourth-order valence-electron chi connectivity index (χ4n) is 2.01. The van der Waals surface area contributed by atoms with Gasteiger partial charge in [0.05, 0.1) is 11.4 Å². The van der Waals surface area contributed by atoms with Crippen LogP contribution in [0.3, 0.4) is 0 Å². The van der Waals surface area contributed by atoms with Crippen LogP contribution in [0.25, 0.3) is 6.08 Å². The van der Waals surface area contributed by atoms with Crippen LogP contribution in [0.4, 0.5) is 4.79 Å². The first kappa shape index (κ1) is 16.6. The molecule has 0 aliphatic carbocycles. The molecule has 0 saturated carbocycles. The number of hydrogen-bond donors (Lipinski definition) is 0. The number of furan rings is 1. The van der Waals surface area contributed by atoms with Crippen molar-refractivity contribution in [3.8, 4) is 0 Å². The molecule has 4 nitrogen and oxygen atoms in total. The summed E-state index contributed by atoms with van der Waals surface area (Å²) in [6, 6.07) is 8.44. The van der Waals surface area contributed by atoms with Crippen LogP contribution < -0.4 is 0 Å². The van der Waals surface area contributed by atoms with E-state index in [9.17, 15) is 9.59 Å². The molecule has 0 N–H and O–H groups in total. The van der Waals surface area contributed by atoms with Gasteiger partial charge in [0.2, 0.25) is 0 Å². The fourth-order valence-corrected chi connectivity index (χ4v) is 3.67. The number of carbonyl (C=O) groups excluding carboxylic acids is 2. The first-order valence-corrected chi connectivity index (χ1v) is 8.76. The Morgan fingerprint density at radius 2 is 1.87 bits per heavy atom. The van der Waals surface area contributed by atoms with E-state index in [2.05, 4.69) is 15.9 Å². The molecule has 1 aliphatic rings. The van der Waals surface area contributed by atoms with Crippen molar-refractivity contribution in [2.24, 2.45) is 0 Å². The van der Waals surface area contributed by atoms with Crippen LogP contribution in [-0.2, 0) is 11.3 Å². The minimum absolute atomic E-state index is 0.0301. The van der Waals surface area contributed by atoms with Crippen molar-refractivity contribution in [1.29, 1.82) is 0 Å². The highest BCUT2D eigenvalue weighted by atomic mass is 79.9. The Labute approximate surface area is 154 Å². The van der Waals surface area contributed by atoms with Gasteiger partial charge in [0.25, 0.3) is 11.1 Å². The number of halogens is 3. The predicted molar refractivity (Wildman–Crippen MR) is 94.4 cm³/mol. The topological polar surface area (TPSA) is 50.5 Å². The van der Waals surface area contributed by atoms with Crippen LogP contribution in [0.5, 0.6) is 0 Å². The van der Waals surface area contributed by atoms with Crippen molar-refractivity contribution in [2.75, 3.05) is 0 Å². The molecule has 2 heterocycles. The molecule has 1 aromatic heterocycles. The Balaban J connectivity index is 1.86. The molecule has 0 bridgehead atoms. The van der Waals surface area contributed by atoms with E-state index in [1.807, 2.05) is 0 Å². The van der Waals surface area contributed by atoms with Crippen LogP contribution in [0.1, 0.15) is 11.3 Å². The second kappa shape index (κ2) is 6.73. The number of carbonyl (C=O) groups is 2. The van der Waals surface area contributed by atoms with E-state index in [0.717, 1.165) is 16.7 Å². The number of amides is 2. The van der Waals surface area contributed by atoms with Gasteiger partial charge in [0.15, 0.2) is 4.67 Å². The van der Waals surface area contributed by atoms with Crippen LogP contribution in [0.15, 0.2) is 44.3 Å². The van der Waals surface area contributed by atoms with Crippen LogP contribution in [0, 0.1) is 0 Å². The van der Waals surface area contributed by atoms with Gasteiger partial charge in [-0.15, -0.1) is 0 Å². The van der Waals surface area contributed by atoms with Gasteiger partial charge in [0, 0.05) is 21.7 Å². The molecular formula is C15H8BrCl2NO3S. The molecule has 2 amide bonds. The predicted octanol–water partition coefficient (Wildman–Crippen LogP) is 5.59. The molecule has 1 fully saturated rings. The van der Waals surface area contributed by atoms with Crippen molar-refractivity contribution in [2.45, 2.75) is 6.54 Å². The second-order valence-electron chi connectivity index (χ2n) is 4.61. The maximum atomic E-state index is 12.4. The highest BCUT2D eigenvalue weighted by molar-refractivity contribution is 9.10. The minimum atomic E-state index is -0.400. The molecule has 3 rings (SSSR count). The Morgan fingerprint density at radius 3 is 2.48 bits per heavy atom. The van der Waals surface area contributed by atoms with Gasteiger partial charge in [-0.25, -0.2) is 0 Å². The van der Waals surface area contributed by atoms with Gasteiger partial charge in [0.1, 0.15) is 5.76 Å². The summed E-state index contributed by atoms with van der Waals surface area (Å²) in [5.74, 6) is 0.0849. The van der Waals surface area contributed by atoms with Gasteiger partial charge >= 0.3 is 0 Å². The van der Waals surface area contributed by atoms with Gasteiger partial charge in [-0.1, -0.05) is 29.3 Å². The molecule has 0 atom stereocenters. The summed E-state index contributed by atoms with van der Waals surface area (Å²) in [7, 11) is 0.